The van der Waals surface area contributed by atoms with E-state index in [1.807, 2.05) is 27.7 Å². The Morgan fingerprint density at radius 1 is 1.26 bits per heavy atom. The molecule has 0 heterocycles. The maximum absolute atomic E-state index is 11.8. The van der Waals surface area contributed by atoms with Crippen LogP contribution in [0.3, 0.4) is 0 Å². The van der Waals surface area contributed by atoms with Gasteiger partial charge in [0.1, 0.15) is 6.10 Å². The summed E-state index contributed by atoms with van der Waals surface area (Å²) in [5.41, 5.74) is -0.583. The van der Waals surface area contributed by atoms with Crippen LogP contribution < -0.4 is 0 Å². The van der Waals surface area contributed by atoms with E-state index in [1.165, 1.54) is 0 Å². The van der Waals surface area contributed by atoms with Gasteiger partial charge in [0.15, 0.2) is 0 Å². The average Bonchev–Trinajstić information content (AvgIpc) is 2.29. The molecule has 0 aromatic rings. The second kappa shape index (κ2) is 7.28. The Labute approximate surface area is 117 Å². The monoisotopic (exact) mass is 270 g/mol. The Morgan fingerprint density at radius 2 is 1.79 bits per heavy atom. The number of hydrogen-bond acceptors (Lipinski definition) is 3. The fourth-order valence-corrected chi connectivity index (χ4v) is 2.74. The number of hydrogen-bond donors (Lipinski definition) is 1. The molecule has 1 fully saturated rings. The lowest BCUT2D eigenvalue weighted by atomic mass is 9.80. The van der Waals surface area contributed by atoms with Crippen LogP contribution in [0, 0.1) is 11.8 Å². The Kier molecular flexibility index (Phi) is 6.31. The minimum Gasteiger partial charge on any atom is -0.462 e. The van der Waals surface area contributed by atoms with Crippen molar-refractivity contribution < 1.29 is 14.6 Å². The topological polar surface area (TPSA) is 46.5 Å². The Morgan fingerprint density at radius 3 is 2.21 bits per heavy atom. The highest BCUT2D eigenvalue weighted by Gasteiger charge is 2.29. The van der Waals surface area contributed by atoms with Gasteiger partial charge >= 0.3 is 5.97 Å². The summed E-state index contributed by atoms with van der Waals surface area (Å²) in [6.45, 7) is 7.74. The second-order valence-electron chi connectivity index (χ2n) is 6.58. The maximum atomic E-state index is 11.8. The summed E-state index contributed by atoms with van der Waals surface area (Å²) >= 11 is 0. The predicted molar refractivity (Wildman–Crippen MR) is 76.8 cm³/mol. The molecule has 112 valence electrons. The van der Waals surface area contributed by atoms with Crippen molar-refractivity contribution in [1.82, 2.24) is 0 Å². The van der Waals surface area contributed by atoms with Crippen LogP contribution in [0.15, 0.2) is 0 Å². The number of ether oxygens (including phenoxy) is 1. The second-order valence-corrected chi connectivity index (χ2v) is 6.58. The molecule has 0 spiro atoms. The smallest absolute Gasteiger partial charge is 0.308 e. The van der Waals surface area contributed by atoms with Crippen molar-refractivity contribution in [2.24, 2.45) is 11.8 Å². The lowest BCUT2D eigenvalue weighted by Crippen LogP contribution is -2.33. The molecule has 3 heteroatoms. The van der Waals surface area contributed by atoms with Gasteiger partial charge in [-0.3, -0.25) is 4.79 Å². The predicted octanol–water partition coefficient (Wildman–Crippen LogP) is 3.69. The molecule has 0 amide bonds. The van der Waals surface area contributed by atoms with Gasteiger partial charge in [-0.15, -0.1) is 0 Å². The molecule has 1 aliphatic carbocycles. The quantitative estimate of drug-likeness (QED) is 0.793. The summed E-state index contributed by atoms with van der Waals surface area (Å²) in [6, 6.07) is 0. The van der Waals surface area contributed by atoms with Gasteiger partial charge in [-0.1, -0.05) is 13.8 Å². The zero-order chi connectivity index (χ0) is 14.5. The fourth-order valence-electron chi connectivity index (χ4n) is 2.74. The van der Waals surface area contributed by atoms with Crippen molar-refractivity contribution in [2.45, 2.75) is 84.3 Å². The zero-order valence-corrected chi connectivity index (χ0v) is 12.9. The molecular weight excluding hydrogens is 240 g/mol. The number of aliphatic hydroxyl groups is 1. The van der Waals surface area contributed by atoms with Crippen molar-refractivity contribution in [2.75, 3.05) is 0 Å². The van der Waals surface area contributed by atoms with Gasteiger partial charge in [0.05, 0.1) is 11.5 Å². The summed E-state index contributed by atoms with van der Waals surface area (Å²) in [6.07, 6.45) is 6.93. The fraction of sp³-hybridized carbons (Fsp3) is 0.938. The lowest BCUT2D eigenvalue weighted by molar-refractivity contribution is -0.154. The molecule has 0 bridgehead atoms. The average molecular weight is 270 g/mol. The molecule has 1 rings (SSSR count). The van der Waals surface area contributed by atoms with Gasteiger partial charge in [0.25, 0.3) is 0 Å². The first-order valence-corrected chi connectivity index (χ1v) is 7.77. The minimum atomic E-state index is -0.583. The molecule has 1 atom stereocenters. The van der Waals surface area contributed by atoms with Crippen LogP contribution in [-0.4, -0.2) is 22.8 Å². The molecule has 0 saturated heterocycles. The van der Waals surface area contributed by atoms with Crippen LogP contribution in [0.5, 0.6) is 0 Å². The summed E-state index contributed by atoms with van der Waals surface area (Å²) in [7, 11) is 0. The molecule has 19 heavy (non-hydrogen) atoms. The molecule has 0 radical (unpaired) electrons. The molecule has 1 saturated carbocycles. The summed E-state index contributed by atoms with van der Waals surface area (Å²) in [5.74, 6) is 0.334. The van der Waals surface area contributed by atoms with Crippen molar-refractivity contribution in [3.05, 3.63) is 0 Å². The van der Waals surface area contributed by atoms with Crippen LogP contribution in [-0.2, 0) is 9.53 Å². The lowest BCUT2D eigenvalue weighted by Gasteiger charge is -2.32. The van der Waals surface area contributed by atoms with Crippen LogP contribution in [0.1, 0.15) is 72.6 Å². The van der Waals surface area contributed by atoms with Gasteiger partial charge in [0.2, 0.25) is 0 Å². The largest absolute Gasteiger partial charge is 0.462 e. The Hall–Kier alpha value is -0.570. The Balaban J connectivity index is 2.41. The number of rotatable bonds is 4. The standard InChI is InChI=1S/C16H30O3/c1-5-12(2)15(17)19-14-10-6-8-13(9-7-11-14)16(3,4)18/h12-14,18H,5-11H2,1-4H3. The molecule has 1 aliphatic rings. The highest BCUT2D eigenvalue weighted by Crippen LogP contribution is 2.31. The van der Waals surface area contributed by atoms with E-state index in [9.17, 15) is 9.90 Å². The van der Waals surface area contributed by atoms with E-state index in [2.05, 4.69) is 0 Å². The first kappa shape index (κ1) is 16.5. The van der Waals surface area contributed by atoms with E-state index in [0.717, 1.165) is 44.9 Å². The van der Waals surface area contributed by atoms with Crippen molar-refractivity contribution in [1.29, 1.82) is 0 Å². The molecule has 1 unspecified atom stereocenters. The molecule has 1 N–H and O–H groups in total. The molecular formula is C16H30O3. The minimum absolute atomic E-state index is 0.00886. The highest BCUT2D eigenvalue weighted by atomic mass is 16.5. The van der Waals surface area contributed by atoms with E-state index in [0.29, 0.717) is 5.92 Å². The number of carbonyl (C=O) groups is 1. The third-order valence-corrected chi connectivity index (χ3v) is 4.45. The normalized spacial score (nSPS) is 27.2. The molecule has 3 nitrogen and oxygen atoms in total. The van der Waals surface area contributed by atoms with Crippen molar-refractivity contribution in [3.63, 3.8) is 0 Å². The van der Waals surface area contributed by atoms with Gasteiger partial charge < -0.3 is 9.84 Å². The van der Waals surface area contributed by atoms with Crippen LogP contribution in [0.4, 0.5) is 0 Å². The van der Waals surface area contributed by atoms with E-state index in [1.54, 1.807) is 0 Å². The van der Waals surface area contributed by atoms with Gasteiger partial charge in [-0.2, -0.15) is 0 Å². The van der Waals surface area contributed by atoms with Gasteiger partial charge in [0, 0.05) is 0 Å². The zero-order valence-electron chi connectivity index (χ0n) is 12.9. The first-order valence-electron chi connectivity index (χ1n) is 7.77. The van der Waals surface area contributed by atoms with Crippen LogP contribution in [0.25, 0.3) is 0 Å². The van der Waals surface area contributed by atoms with Crippen LogP contribution in [0.2, 0.25) is 0 Å². The summed E-state index contributed by atoms with van der Waals surface area (Å²) < 4.78 is 5.60. The van der Waals surface area contributed by atoms with Gasteiger partial charge in [-0.25, -0.2) is 0 Å². The van der Waals surface area contributed by atoms with Crippen molar-refractivity contribution in [3.8, 4) is 0 Å². The third kappa shape index (κ3) is 5.52. The maximum Gasteiger partial charge on any atom is 0.308 e. The van der Waals surface area contributed by atoms with E-state index in [4.69, 9.17) is 4.74 Å². The summed E-state index contributed by atoms with van der Waals surface area (Å²) in [5, 5.41) is 10.1. The Bertz CT molecular complexity index is 270. The van der Waals surface area contributed by atoms with Crippen molar-refractivity contribution >= 4 is 5.97 Å². The molecule has 0 aromatic carbocycles. The number of esters is 1. The third-order valence-electron chi connectivity index (χ3n) is 4.45. The van der Waals surface area contributed by atoms with E-state index < -0.39 is 5.60 Å². The van der Waals surface area contributed by atoms with Crippen LogP contribution >= 0.6 is 0 Å². The first-order chi connectivity index (χ1) is 8.84. The highest BCUT2D eigenvalue weighted by molar-refractivity contribution is 5.72. The van der Waals surface area contributed by atoms with E-state index in [-0.39, 0.29) is 18.0 Å². The van der Waals surface area contributed by atoms with E-state index >= 15 is 0 Å². The molecule has 0 aromatic heterocycles. The summed E-state index contributed by atoms with van der Waals surface area (Å²) in [4.78, 5) is 11.8. The van der Waals surface area contributed by atoms with Gasteiger partial charge in [-0.05, 0) is 64.7 Å². The number of carbonyl (C=O) groups excluding carboxylic acids is 1. The molecule has 0 aliphatic heterocycles. The SMILES string of the molecule is CCC(C)C(=O)OC1CCCC(C(C)(C)O)CCC1.